The van der Waals surface area contributed by atoms with E-state index < -0.39 is 13.9 Å². The van der Waals surface area contributed by atoms with Crippen molar-refractivity contribution >= 4 is 41.7 Å². The Bertz CT molecular complexity index is 1660. The summed E-state index contributed by atoms with van der Waals surface area (Å²) in [7, 11) is -1.90. The molecule has 4 heterocycles. The van der Waals surface area contributed by atoms with E-state index in [-0.39, 0.29) is 22.7 Å². The highest BCUT2D eigenvalue weighted by atomic mass is 32.1. The molecule has 1 atom stereocenters. The lowest BCUT2D eigenvalue weighted by Gasteiger charge is -2.45. The average Bonchev–Trinajstić information content (AvgIpc) is 3.56. The van der Waals surface area contributed by atoms with Crippen molar-refractivity contribution < 1.29 is 14.0 Å². The number of fused-ring (bicyclic) bond motifs is 2. The van der Waals surface area contributed by atoms with Crippen LogP contribution in [0.5, 0.6) is 0 Å². The van der Waals surface area contributed by atoms with Gasteiger partial charge in [-0.3, -0.25) is 4.98 Å². The van der Waals surface area contributed by atoms with E-state index in [1.807, 2.05) is 31.9 Å². The Morgan fingerprint density at radius 3 is 2.53 bits per heavy atom. The fourth-order valence-electron chi connectivity index (χ4n) is 7.02. The van der Waals surface area contributed by atoms with Gasteiger partial charge in [0, 0.05) is 52.6 Å². The summed E-state index contributed by atoms with van der Waals surface area (Å²) in [5, 5.41) is 10.2. The molecule has 2 fully saturated rings. The van der Waals surface area contributed by atoms with Gasteiger partial charge in [0.1, 0.15) is 5.60 Å². The van der Waals surface area contributed by atoms with Crippen LogP contribution in [-0.4, -0.2) is 54.6 Å². The Labute approximate surface area is 273 Å². The van der Waals surface area contributed by atoms with E-state index in [2.05, 4.69) is 69.1 Å². The van der Waals surface area contributed by atoms with Gasteiger partial charge in [-0.2, -0.15) is 5.26 Å². The van der Waals surface area contributed by atoms with E-state index >= 15 is 0 Å². The van der Waals surface area contributed by atoms with Crippen LogP contribution in [0, 0.1) is 11.3 Å². The smallest absolute Gasteiger partial charge is 0.410 e. The summed E-state index contributed by atoms with van der Waals surface area (Å²) < 4.78 is 13.6. The highest BCUT2D eigenvalue weighted by Crippen LogP contribution is 2.50. The Morgan fingerprint density at radius 1 is 1.13 bits per heavy atom. The van der Waals surface area contributed by atoms with E-state index in [9.17, 15) is 10.1 Å². The molecule has 1 saturated heterocycles. The third kappa shape index (κ3) is 6.02. The largest absolute Gasteiger partial charge is 0.444 e. The maximum Gasteiger partial charge on any atom is 0.410 e. The third-order valence-electron chi connectivity index (χ3n) is 10.5. The van der Waals surface area contributed by atoms with Gasteiger partial charge in [-0.15, -0.1) is 11.3 Å². The van der Waals surface area contributed by atoms with E-state index in [0.717, 1.165) is 66.4 Å². The minimum Gasteiger partial charge on any atom is -0.444 e. The highest BCUT2D eigenvalue weighted by molar-refractivity contribution is 7.19. The first-order valence-corrected chi connectivity index (χ1v) is 20.2. The molecule has 1 amide bonds. The number of nitrogens with zero attached hydrogens (tertiary/aromatic N) is 4. The topological polar surface area (TPSA) is 78.7 Å². The number of rotatable bonds is 5. The van der Waals surface area contributed by atoms with E-state index in [0.29, 0.717) is 18.7 Å². The lowest BCUT2D eigenvalue weighted by atomic mass is 9.74. The molecule has 1 unspecified atom stereocenters. The number of aromatic nitrogens is 1. The molecule has 1 aromatic carbocycles. The molecule has 240 valence electrons. The Kier molecular flexibility index (Phi) is 8.11. The number of benzene rings is 1. The van der Waals surface area contributed by atoms with Crippen LogP contribution in [0.4, 0.5) is 10.5 Å². The number of carbonyl (C=O) groups excluding carboxylic acids is 1. The Morgan fingerprint density at radius 2 is 1.89 bits per heavy atom. The highest BCUT2D eigenvalue weighted by Gasteiger charge is 2.54. The van der Waals surface area contributed by atoms with Gasteiger partial charge in [-0.25, -0.2) is 4.79 Å². The summed E-state index contributed by atoms with van der Waals surface area (Å²) in [5.74, 6) is 0. The number of aryl methyl sites for hydroxylation is 1. The lowest BCUT2D eigenvalue weighted by molar-refractivity contribution is -0.00979. The van der Waals surface area contributed by atoms with Crippen LogP contribution >= 0.6 is 11.3 Å². The minimum absolute atomic E-state index is 0.117. The summed E-state index contributed by atoms with van der Waals surface area (Å²) in [6.07, 6.45) is 7.82. The fraction of sp³-hybridized carbons (Fsp3) is 0.583. The SMILES string of the molecule is CC(C)(C)OC(=O)N1CC(N2CCCc3cc(C#N)cc(-c4ccnc5cc(CO[Si](C)(C)C(C)(C)C)sc45)c32)CC12CCC2. The molecule has 2 aromatic heterocycles. The first-order chi connectivity index (χ1) is 21.1. The van der Waals surface area contributed by atoms with Crippen molar-refractivity contribution in [2.45, 2.75) is 122 Å². The summed E-state index contributed by atoms with van der Waals surface area (Å²) in [6.45, 7) is 19.4. The van der Waals surface area contributed by atoms with Crippen LogP contribution in [-0.2, 0) is 22.2 Å². The van der Waals surface area contributed by atoms with Crippen molar-refractivity contribution in [2.75, 3.05) is 18.0 Å². The summed E-state index contributed by atoms with van der Waals surface area (Å²) in [6, 6.07) is 11.1. The van der Waals surface area contributed by atoms with Crippen molar-refractivity contribution in [3.63, 3.8) is 0 Å². The fourth-order valence-corrected chi connectivity index (χ4v) is 9.13. The second kappa shape index (κ2) is 11.4. The summed E-state index contributed by atoms with van der Waals surface area (Å²) in [4.78, 5) is 24.0. The quantitative estimate of drug-likeness (QED) is 0.258. The minimum atomic E-state index is -1.90. The molecule has 1 saturated carbocycles. The van der Waals surface area contributed by atoms with Crippen molar-refractivity contribution in [2.24, 2.45) is 0 Å². The summed E-state index contributed by atoms with van der Waals surface area (Å²) >= 11 is 1.75. The molecule has 3 aromatic rings. The number of nitriles is 1. The number of hydrogen-bond donors (Lipinski definition) is 0. The van der Waals surface area contributed by atoms with Crippen molar-refractivity contribution in [1.82, 2.24) is 9.88 Å². The molecule has 6 rings (SSSR count). The number of thiophene rings is 1. The second-order valence-corrected chi connectivity index (χ2v) is 21.7. The van der Waals surface area contributed by atoms with Crippen molar-refractivity contribution in [3.8, 4) is 17.2 Å². The number of carbonyl (C=O) groups is 1. The predicted octanol–water partition coefficient (Wildman–Crippen LogP) is 9.04. The van der Waals surface area contributed by atoms with Crippen molar-refractivity contribution in [1.29, 1.82) is 5.26 Å². The van der Waals surface area contributed by atoms with Crippen LogP contribution in [0.3, 0.4) is 0 Å². The van der Waals surface area contributed by atoms with Crippen LogP contribution in [0.15, 0.2) is 30.5 Å². The monoisotopic (exact) mass is 644 g/mol. The maximum absolute atomic E-state index is 13.5. The van der Waals surface area contributed by atoms with Gasteiger partial charge in [-0.1, -0.05) is 20.8 Å². The van der Waals surface area contributed by atoms with E-state index in [1.165, 1.54) is 16.1 Å². The molecule has 9 heteroatoms. The zero-order valence-electron chi connectivity index (χ0n) is 28.2. The second-order valence-electron chi connectivity index (χ2n) is 15.8. The average molecular weight is 645 g/mol. The molecule has 3 aliphatic rings. The Balaban J connectivity index is 1.38. The van der Waals surface area contributed by atoms with E-state index in [1.54, 1.807) is 11.3 Å². The zero-order valence-corrected chi connectivity index (χ0v) is 30.1. The molecule has 1 spiro atoms. The van der Waals surface area contributed by atoms with Crippen LogP contribution in [0.2, 0.25) is 18.1 Å². The van der Waals surface area contributed by atoms with Crippen LogP contribution in [0.25, 0.3) is 21.3 Å². The third-order valence-corrected chi connectivity index (χ3v) is 16.1. The molecule has 0 N–H and O–H groups in total. The molecular weight excluding hydrogens is 597 g/mol. The molecule has 0 radical (unpaired) electrons. The van der Waals surface area contributed by atoms with Gasteiger partial charge in [0.15, 0.2) is 8.32 Å². The summed E-state index contributed by atoms with van der Waals surface area (Å²) in [5.41, 5.74) is 5.65. The van der Waals surface area contributed by atoms with Gasteiger partial charge in [0.25, 0.3) is 0 Å². The van der Waals surface area contributed by atoms with Gasteiger partial charge in [-0.05, 0) is 107 Å². The molecule has 2 aliphatic heterocycles. The molecule has 1 aliphatic carbocycles. The maximum atomic E-state index is 13.5. The van der Waals surface area contributed by atoms with Gasteiger partial charge >= 0.3 is 6.09 Å². The van der Waals surface area contributed by atoms with E-state index in [4.69, 9.17) is 14.1 Å². The van der Waals surface area contributed by atoms with Crippen LogP contribution < -0.4 is 4.90 Å². The Hall–Kier alpha value is -2.93. The van der Waals surface area contributed by atoms with Gasteiger partial charge in [0.05, 0.1) is 28.5 Å². The molecule has 45 heavy (non-hydrogen) atoms. The normalized spacial score (nSPS) is 19.8. The zero-order chi connectivity index (χ0) is 32.4. The van der Waals surface area contributed by atoms with Gasteiger partial charge < -0.3 is 19.0 Å². The van der Waals surface area contributed by atoms with Gasteiger partial charge in [0.2, 0.25) is 0 Å². The standard InChI is InChI=1S/C36H48N4O3SSi/c1-34(2,3)43-33(41)40-22-26(20-36(40)13-10-14-36)39-16-9-11-25-17-24(21-37)18-29(31(25)39)28-12-15-38-30-19-27(44-32(28)30)23-42-45(7,8)35(4,5)6/h12,15,17-19,26H,9-11,13-14,16,20,22-23H2,1-8H3. The predicted molar refractivity (Wildman–Crippen MR) is 185 cm³/mol. The first kappa shape index (κ1) is 32.0. The number of likely N-dealkylation sites (tertiary alicyclic amines) is 1. The number of anilines is 1. The van der Waals surface area contributed by atoms with Crippen molar-refractivity contribution in [3.05, 3.63) is 46.5 Å². The molecular formula is C36H48N4O3SSi. The number of pyridine rings is 1. The molecule has 0 bridgehead atoms. The number of hydrogen-bond acceptors (Lipinski definition) is 7. The first-order valence-electron chi connectivity index (χ1n) is 16.5. The van der Waals surface area contributed by atoms with Crippen LogP contribution in [0.1, 0.15) is 89.7 Å². The number of ether oxygens (including phenoxy) is 1. The number of amides is 1. The lowest BCUT2D eigenvalue weighted by Crippen LogP contribution is -2.53. The molecule has 7 nitrogen and oxygen atoms in total.